The zero-order valence-electron chi connectivity index (χ0n) is 19.1. The van der Waals surface area contributed by atoms with Crippen molar-refractivity contribution in [3.63, 3.8) is 0 Å². The maximum absolute atomic E-state index is 13.1. The Bertz CT molecular complexity index is 1270. The molecule has 1 amide bonds. The normalized spacial score (nSPS) is 11.2. The Balaban J connectivity index is 1.68. The second-order valence-corrected chi connectivity index (χ2v) is 10.3. The number of carbonyl (C=O) groups excluding carboxylic acids is 1. The summed E-state index contributed by atoms with van der Waals surface area (Å²) in [7, 11) is -3.87. The molecule has 180 valence electrons. The molecular formula is C25H26BrFN2O4S. The van der Waals surface area contributed by atoms with Gasteiger partial charge in [-0.1, -0.05) is 29.8 Å². The number of rotatable bonds is 9. The van der Waals surface area contributed by atoms with Crippen LogP contribution in [0.25, 0.3) is 0 Å². The van der Waals surface area contributed by atoms with Crippen molar-refractivity contribution in [2.45, 2.75) is 38.5 Å². The number of ether oxygens (including phenoxy) is 1. The van der Waals surface area contributed by atoms with E-state index in [4.69, 9.17) is 4.74 Å². The predicted molar refractivity (Wildman–Crippen MR) is 135 cm³/mol. The van der Waals surface area contributed by atoms with E-state index in [2.05, 4.69) is 26.0 Å². The fourth-order valence-electron chi connectivity index (χ4n) is 3.45. The van der Waals surface area contributed by atoms with Crippen LogP contribution in [0.4, 0.5) is 15.8 Å². The minimum Gasteiger partial charge on any atom is -0.483 e. The number of benzene rings is 3. The topological polar surface area (TPSA) is 84.5 Å². The summed E-state index contributed by atoms with van der Waals surface area (Å²) in [5, 5.41) is 2.95. The van der Waals surface area contributed by atoms with Gasteiger partial charge in [-0.3, -0.25) is 9.52 Å². The summed E-state index contributed by atoms with van der Waals surface area (Å²) in [6.45, 7) is 5.53. The molecule has 6 nitrogen and oxygen atoms in total. The molecular weight excluding hydrogens is 523 g/mol. The van der Waals surface area contributed by atoms with Gasteiger partial charge in [0.2, 0.25) is 0 Å². The van der Waals surface area contributed by atoms with E-state index in [0.717, 1.165) is 34.1 Å². The predicted octanol–water partition coefficient (Wildman–Crippen LogP) is 5.84. The van der Waals surface area contributed by atoms with Crippen LogP contribution in [0, 0.1) is 12.7 Å². The first-order valence-corrected chi connectivity index (χ1v) is 13.0. The Morgan fingerprint density at radius 3 is 2.18 bits per heavy atom. The van der Waals surface area contributed by atoms with Crippen molar-refractivity contribution in [2.75, 3.05) is 16.6 Å². The van der Waals surface area contributed by atoms with Crippen molar-refractivity contribution >= 4 is 43.2 Å². The average molecular weight is 549 g/mol. The third-order valence-electron chi connectivity index (χ3n) is 5.20. The molecule has 9 heteroatoms. The molecule has 0 fully saturated rings. The van der Waals surface area contributed by atoms with Gasteiger partial charge < -0.3 is 10.1 Å². The zero-order chi connectivity index (χ0) is 24.9. The van der Waals surface area contributed by atoms with Gasteiger partial charge in [0.1, 0.15) is 11.6 Å². The SMILES string of the molecule is CCc1cc(Br)cc(CC)c1NC(=O)COc1ccc(S(=O)(=O)Nc2ccc(F)cc2)cc1C. The lowest BCUT2D eigenvalue weighted by molar-refractivity contribution is -0.118. The van der Waals surface area contributed by atoms with Gasteiger partial charge >= 0.3 is 0 Å². The number of hydrogen-bond acceptors (Lipinski definition) is 4. The first kappa shape index (κ1) is 25.7. The third-order valence-corrected chi connectivity index (χ3v) is 7.04. The Morgan fingerprint density at radius 1 is 1.00 bits per heavy atom. The Morgan fingerprint density at radius 2 is 1.62 bits per heavy atom. The highest BCUT2D eigenvalue weighted by Crippen LogP contribution is 2.28. The molecule has 0 atom stereocenters. The van der Waals surface area contributed by atoms with Gasteiger partial charge in [0, 0.05) is 15.8 Å². The van der Waals surface area contributed by atoms with Crippen LogP contribution in [-0.4, -0.2) is 20.9 Å². The molecule has 3 aromatic rings. The van der Waals surface area contributed by atoms with Crippen molar-refractivity contribution in [3.05, 3.63) is 81.6 Å². The molecule has 0 spiro atoms. The lowest BCUT2D eigenvalue weighted by Gasteiger charge is -2.16. The number of hydrogen-bond donors (Lipinski definition) is 2. The molecule has 0 saturated heterocycles. The van der Waals surface area contributed by atoms with E-state index < -0.39 is 15.8 Å². The van der Waals surface area contributed by atoms with Crippen LogP contribution < -0.4 is 14.8 Å². The number of sulfonamides is 1. The van der Waals surface area contributed by atoms with E-state index in [1.54, 1.807) is 6.92 Å². The van der Waals surface area contributed by atoms with Crippen molar-refractivity contribution in [3.8, 4) is 5.75 Å². The summed E-state index contributed by atoms with van der Waals surface area (Å²) in [6.07, 6.45) is 1.54. The largest absolute Gasteiger partial charge is 0.483 e. The van der Waals surface area contributed by atoms with Gasteiger partial charge in [0.05, 0.1) is 4.90 Å². The van der Waals surface area contributed by atoms with Gasteiger partial charge in [-0.05, 0) is 91.1 Å². The molecule has 0 aliphatic heterocycles. The van der Waals surface area contributed by atoms with E-state index in [1.807, 2.05) is 26.0 Å². The number of aryl methyl sites for hydroxylation is 3. The van der Waals surface area contributed by atoms with Gasteiger partial charge in [0.15, 0.2) is 6.61 Å². The van der Waals surface area contributed by atoms with Crippen molar-refractivity contribution < 1.29 is 22.3 Å². The summed E-state index contributed by atoms with van der Waals surface area (Å²) in [6, 6.07) is 13.4. The first-order valence-electron chi connectivity index (χ1n) is 10.8. The molecule has 0 bridgehead atoms. The standard InChI is InChI=1S/C25H26BrFN2O4S/c1-4-17-13-19(26)14-18(5-2)25(17)28-24(30)15-33-23-11-10-22(12-16(23)3)34(31,32)29-21-8-6-20(27)7-9-21/h6-14,29H,4-5,15H2,1-3H3,(H,28,30). The van der Waals surface area contributed by atoms with Crippen LogP contribution in [0.3, 0.4) is 0 Å². The minimum atomic E-state index is -3.87. The van der Waals surface area contributed by atoms with Crippen molar-refractivity contribution in [2.24, 2.45) is 0 Å². The fraction of sp³-hybridized carbons (Fsp3) is 0.240. The first-order chi connectivity index (χ1) is 16.1. The number of carbonyl (C=O) groups is 1. The third kappa shape index (κ3) is 6.36. The molecule has 0 saturated carbocycles. The van der Waals surface area contributed by atoms with Gasteiger partial charge in [0.25, 0.3) is 15.9 Å². The summed E-state index contributed by atoms with van der Waals surface area (Å²) in [5.41, 5.74) is 3.66. The van der Waals surface area contributed by atoms with Crippen LogP contribution in [-0.2, 0) is 27.7 Å². The van der Waals surface area contributed by atoms with Crippen molar-refractivity contribution in [1.29, 1.82) is 0 Å². The van der Waals surface area contributed by atoms with E-state index >= 15 is 0 Å². The number of halogens is 2. The summed E-state index contributed by atoms with van der Waals surface area (Å²) < 4.78 is 47.4. The van der Waals surface area contributed by atoms with Crippen LogP contribution in [0.5, 0.6) is 5.75 Å². The molecule has 0 unspecified atom stereocenters. The van der Waals surface area contributed by atoms with Crippen LogP contribution in [0.1, 0.15) is 30.5 Å². The number of nitrogens with one attached hydrogen (secondary N) is 2. The summed E-state index contributed by atoms with van der Waals surface area (Å²) in [5.74, 6) is -0.361. The highest BCUT2D eigenvalue weighted by Gasteiger charge is 2.17. The molecule has 0 aliphatic rings. The molecule has 3 aromatic carbocycles. The maximum atomic E-state index is 13.1. The summed E-state index contributed by atoms with van der Waals surface area (Å²) in [4.78, 5) is 12.6. The molecule has 34 heavy (non-hydrogen) atoms. The summed E-state index contributed by atoms with van der Waals surface area (Å²) >= 11 is 3.51. The maximum Gasteiger partial charge on any atom is 0.262 e. The molecule has 0 aromatic heterocycles. The van der Waals surface area contributed by atoms with Gasteiger partial charge in [-0.15, -0.1) is 0 Å². The molecule has 3 rings (SSSR count). The van der Waals surface area contributed by atoms with Crippen molar-refractivity contribution in [1.82, 2.24) is 0 Å². The smallest absolute Gasteiger partial charge is 0.262 e. The number of amides is 1. The second kappa shape index (κ2) is 11.0. The quantitative estimate of drug-likeness (QED) is 0.351. The highest BCUT2D eigenvalue weighted by atomic mass is 79.9. The minimum absolute atomic E-state index is 0.0289. The van der Waals surface area contributed by atoms with E-state index in [0.29, 0.717) is 11.3 Å². The lowest BCUT2D eigenvalue weighted by Crippen LogP contribution is -2.22. The number of anilines is 2. The van der Waals surface area contributed by atoms with E-state index in [9.17, 15) is 17.6 Å². The van der Waals surface area contributed by atoms with Gasteiger partial charge in [-0.25, -0.2) is 12.8 Å². The second-order valence-electron chi connectivity index (χ2n) is 7.68. The van der Waals surface area contributed by atoms with E-state index in [-0.39, 0.29) is 23.1 Å². The Labute approximate surface area is 207 Å². The Hall–Kier alpha value is -2.91. The molecule has 0 heterocycles. The monoisotopic (exact) mass is 548 g/mol. The van der Waals surface area contributed by atoms with Gasteiger partial charge in [-0.2, -0.15) is 0 Å². The zero-order valence-corrected chi connectivity index (χ0v) is 21.5. The highest BCUT2D eigenvalue weighted by molar-refractivity contribution is 9.10. The fourth-order valence-corrected chi connectivity index (χ4v) is 5.14. The average Bonchev–Trinajstić information content (AvgIpc) is 2.80. The van der Waals surface area contributed by atoms with Crippen LogP contribution >= 0.6 is 15.9 Å². The lowest BCUT2D eigenvalue weighted by atomic mass is 10.0. The van der Waals surface area contributed by atoms with E-state index in [1.165, 1.54) is 42.5 Å². The molecule has 0 aliphatic carbocycles. The Kier molecular flexibility index (Phi) is 8.33. The molecule has 2 N–H and O–H groups in total. The molecule has 0 radical (unpaired) electrons. The van der Waals surface area contributed by atoms with Crippen LogP contribution in [0.15, 0.2) is 64.0 Å². The van der Waals surface area contributed by atoms with Crippen LogP contribution in [0.2, 0.25) is 0 Å².